The fourth-order valence-electron chi connectivity index (χ4n) is 7.21. The molecule has 0 atom stereocenters. The van der Waals surface area contributed by atoms with Crippen molar-refractivity contribution in [1.29, 1.82) is 0 Å². The van der Waals surface area contributed by atoms with Crippen molar-refractivity contribution in [2.75, 3.05) is 0 Å². The third-order valence-electron chi connectivity index (χ3n) is 10.3. The van der Waals surface area contributed by atoms with Crippen LogP contribution in [0.15, 0.2) is 182 Å². The molecule has 0 radical (unpaired) electrons. The third-order valence-corrected chi connectivity index (χ3v) is 16.5. The molecule has 0 aromatic heterocycles. The lowest BCUT2D eigenvalue weighted by atomic mass is 9.90. The molecule has 0 fully saturated rings. The molecule has 0 aliphatic rings. The number of benzene rings is 7. The summed E-state index contributed by atoms with van der Waals surface area (Å²) in [5, 5.41) is 0. The highest BCUT2D eigenvalue weighted by atomic mass is 32.2. The van der Waals surface area contributed by atoms with Gasteiger partial charge in [-0.15, -0.1) is 0 Å². The van der Waals surface area contributed by atoms with Gasteiger partial charge in [0.25, 0.3) is 0 Å². The molecule has 0 bridgehead atoms. The van der Waals surface area contributed by atoms with E-state index in [-0.39, 0.29) is 0 Å². The summed E-state index contributed by atoms with van der Waals surface area (Å²) in [7, 11) is 0. The SMILES string of the molecule is c1ccc(CSCc2c(CSCc3ccccc3)c(CSCc3ccccc3)c(CSCc3ccccc3)c(CSCc3ccccc3)c2CSCc2ccccc2)cc1. The van der Waals surface area contributed by atoms with E-state index in [4.69, 9.17) is 0 Å². The van der Waals surface area contributed by atoms with Gasteiger partial charge in [0, 0.05) is 69.0 Å². The van der Waals surface area contributed by atoms with Crippen LogP contribution in [0.25, 0.3) is 0 Å². The third kappa shape index (κ3) is 14.4. The molecule has 7 rings (SSSR count). The molecule has 306 valence electrons. The molecule has 0 heterocycles. The minimum Gasteiger partial charge on any atom is -0.152 e. The van der Waals surface area contributed by atoms with Gasteiger partial charge in [-0.3, -0.25) is 0 Å². The summed E-state index contributed by atoms with van der Waals surface area (Å²) in [5.41, 5.74) is 18.0. The van der Waals surface area contributed by atoms with Crippen LogP contribution in [-0.4, -0.2) is 0 Å². The topological polar surface area (TPSA) is 0 Å². The fourth-order valence-corrected chi connectivity index (χ4v) is 13.7. The van der Waals surface area contributed by atoms with Crippen LogP contribution in [0.3, 0.4) is 0 Å². The monoisotopic (exact) mass is 894 g/mol. The van der Waals surface area contributed by atoms with Crippen molar-refractivity contribution in [3.63, 3.8) is 0 Å². The summed E-state index contributed by atoms with van der Waals surface area (Å²) in [6.45, 7) is 0. The van der Waals surface area contributed by atoms with Gasteiger partial charge in [-0.2, -0.15) is 70.6 Å². The average molecular weight is 895 g/mol. The van der Waals surface area contributed by atoms with Crippen molar-refractivity contribution in [2.24, 2.45) is 0 Å². The first-order valence-electron chi connectivity index (χ1n) is 20.7. The van der Waals surface area contributed by atoms with Crippen LogP contribution in [0.1, 0.15) is 66.8 Å². The molecular weight excluding hydrogens is 841 g/mol. The van der Waals surface area contributed by atoms with Gasteiger partial charge in [0.05, 0.1) is 0 Å². The molecule has 6 heteroatoms. The second-order valence-electron chi connectivity index (χ2n) is 14.7. The molecule has 7 aromatic rings. The molecule has 0 saturated heterocycles. The highest BCUT2D eigenvalue weighted by Gasteiger charge is 2.24. The van der Waals surface area contributed by atoms with E-state index in [0.717, 1.165) is 69.0 Å². The van der Waals surface area contributed by atoms with Gasteiger partial charge < -0.3 is 0 Å². The van der Waals surface area contributed by atoms with Crippen LogP contribution in [-0.2, 0) is 69.0 Å². The lowest BCUT2D eigenvalue weighted by Crippen LogP contribution is -2.12. The Morgan fingerprint density at radius 2 is 0.300 bits per heavy atom. The summed E-state index contributed by atoms with van der Waals surface area (Å²) in [5.74, 6) is 12.2. The van der Waals surface area contributed by atoms with Crippen LogP contribution in [0.4, 0.5) is 0 Å². The van der Waals surface area contributed by atoms with Crippen LogP contribution in [0.2, 0.25) is 0 Å². The van der Waals surface area contributed by atoms with E-state index in [1.807, 2.05) is 0 Å². The van der Waals surface area contributed by atoms with Gasteiger partial charge in [-0.1, -0.05) is 182 Å². The van der Waals surface area contributed by atoms with Crippen LogP contribution >= 0.6 is 70.6 Å². The molecule has 0 unspecified atom stereocenters. The van der Waals surface area contributed by atoms with Crippen molar-refractivity contribution in [2.45, 2.75) is 69.0 Å². The quantitative estimate of drug-likeness (QED) is 0.0588. The van der Waals surface area contributed by atoms with E-state index in [1.165, 1.54) is 33.4 Å². The second kappa shape index (κ2) is 25.5. The Balaban J connectivity index is 1.32. The maximum atomic E-state index is 2.28. The van der Waals surface area contributed by atoms with Gasteiger partial charge in [-0.25, -0.2) is 0 Å². The Kier molecular flexibility index (Phi) is 19.0. The molecular formula is C54H54S6. The molecule has 60 heavy (non-hydrogen) atoms. The maximum Gasteiger partial charge on any atom is 0.0194 e. The van der Waals surface area contributed by atoms with Crippen molar-refractivity contribution >= 4 is 70.6 Å². The summed E-state index contributed by atoms with van der Waals surface area (Å²) in [6, 6.07) is 66.3. The first kappa shape index (κ1) is 44.7. The van der Waals surface area contributed by atoms with E-state index in [2.05, 4.69) is 253 Å². The van der Waals surface area contributed by atoms with Crippen LogP contribution in [0.5, 0.6) is 0 Å². The first-order chi connectivity index (χ1) is 29.8. The normalized spacial score (nSPS) is 11.2. The second-order valence-corrected chi connectivity index (χ2v) is 20.7. The molecule has 0 aliphatic heterocycles. The zero-order valence-corrected chi connectivity index (χ0v) is 39.2. The van der Waals surface area contributed by atoms with Gasteiger partial charge in [-0.05, 0) is 66.8 Å². The average Bonchev–Trinajstić information content (AvgIpc) is 3.30. The molecule has 0 amide bonds. The van der Waals surface area contributed by atoms with E-state index in [0.29, 0.717) is 0 Å². The van der Waals surface area contributed by atoms with Gasteiger partial charge >= 0.3 is 0 Å². The lowest BCUT2D eigenvalue weighted by Gasteiger charge is -2.27. The lowest BCUT2D eigenvalue weighted by molar-refractivity contribution is 1.07. The van der Waals surface area contributed by atoms with Gasteiger partial charge in [0.1, 0.15) is 0 Å². The molecule has 0 nitrogen and oxygen atoms in total. The molecule has 7 aromatic carbocycles. The van der Waals surface area contributed by atoms with E-state index in [9.17, 15) is 0 Å². The summed E-state index contributed by atoms with van der Waals surface area (Å²) < 4.78 is 0. The highest BCUT2D eigenvalue weighted by Crippen LogP contribution is 2.42. The number of rotatable bonds is 24. The Labute approximate surface area is 385 Å². The standard InChI is InChI=1S/C54H54S6/c1-7-19-43(20-8-1)31-55-37-49-50(38-56-32-44-21-9-2-10-22-44)52(40-58-34-46-25-13-4-14-26-46)54(42-60-36-48-29-17-6-18-30-48)53(41-59-35-47-27-15-5-16-28-47)51(49)39-57-33-45-23-11-3-12-24-45/h1-30H,31-42H2. The molecule has 0 N–H and O–H groups in total. The zero-order chi connectivity index (χ0) is 40.9. The number of hydrogen-bond acceptors (Lipinski definition) is 6. The van der Waals surface area contributed by atoms with Crippen LogP contribution in [0, 0.1) is 0 Å². The fraction of sp³-hybridized carbons (Fsp3) is 0.222. The van der Waals surface area contributed by atoms with E-state index >= 15 is 0 Å². The largest absolute Gasteiger partial charge is 0.152 e. The summed E-state index contributed by atoms with van der Waals surface area (Å²) in [4.78, 5) is 0. The molecule has 0 saturated carbocycles. The van der Waals surface area contributed by atoms with Gasteiger partial charge in [0.15, 0.2) is 0 Å². The van der Waals surface area contributed by atoms with E-state index in [1.54, 1.807) is 33.4 Å². The molecule has 0 spiro atoms. The first-order valence-corrected chi connectivity index (χ1v) is 27.6. The van der Waals surface area contributed by atoms with Crippen molar-refractivity contribution in [1.82, 2.24) is 0 Å². The maximum absolute atomic E-state index is 2.28. The Morgan fingerprint density at radius 1 is 0.167 bits per heavy atom. The highest BCUT2D eigenvalue weighted by molar-refractivity contribution is 7.99. The minimum absolute atomic E-state index is 1.01. The Bertz CT molecular complexity index is 1810. The predicted molar refractivity (Wildman–Crippen MR) is 275 cm³/mol. The van der Waals surface area contributed by atoms with Crippen molar-refractivity contribution in [3.8, 4) is 0 Å². The smallest absolute Gasteiger partial charge is 0.0194 e. The minimum atomic E-state index is 1.01. The van der Waals surface area contributed by atoms with Gasteiger partial charge in [0.2, 0.25) is 0 Å². The predicted octanol–water partition coefficient (Wildman–Crippen LogP) is 16.3. The van der Waals surface area contributed by atoms with Crippen LogP contribution < -0.4 is 0 Å². The van der Waals surface area contributed by atoms with E-state index < -0.39 is 0 Å². The Morgan fingerprint density at radius 3 is 0.433 bits per heavy atom. The Hall–Kier alpha value is -3.36. The van der Waals surface area contributed by atoms with Crippen molar-refractivity contribution in [3.05, 3.63) is 249 Å². The molecule has 0 aliphatic carbocycles. The number of hydrogen-bond donors (Lipinski definition) is 0. The van der Waals surface area contributed by atoms with Crippen molar-refractivity contribution < 1.29 is 0 Å². The zero-order valence-electron chi connectivity index (χ0n) is 34.3. The summed E-state index contributed by atoms with van der Waals surface area (Å²) in [6.07, 6.45) is 0. The summed E-state index contributed by atoms with van der Waals surface area (Å²) >= 11 is 12.5. The number of thioether (sulfide) groups is 6.